The molecular formula is C27H27F3N4O5. The average molecular weight is 545 g/mol. The lowest BCUT2D eigenvalue weighted by atomic mass is 10.1. The molecule has 0 spiro atoms. The number of carbonyl (C=O) groups is 2. The summed E-state index contributed by atoms with van der Waals surface area (Å²) < 4.78 is 50.2. The van der Waals surface area contributed by atoms with E-state index in [0.29, 0.717) is 54.4 Å². The molecule has 39 heavy (non-hydrogen) atoms. The maximum atomic E-state index is 13.1. The van der Waals surface area contributed by atoms with Crippen LogP contribution in [0.1, 0.15) is 21.5 Å². The molecule has 1 fully saturated rings. The number of hydrogen-bond donors (Lipinski definition) is 3. The number of halogens is 3. The Kier molecular flexibility index (Phi) is 9.12. The van der Waals surface area contributed by atoms with Crippen molar-refractivity contribution >= 4 is 11.8 Å². The van der Waals surface area contributed by atoms with E-state index in [1.807, 2.05) is 4.90 Å². The minimum absolute atomic E-state index is 0.000266. The highest BCUT2D eigenvalue weighted by Crippen LogP contribution is 2.32. The van der Waals surface area contributed by atoms with Gasteiger partial charge in [-0.05, 0) is 54.1 Å². The molecule has 2 aromatic carbocycles. The summed E-state index contributed by atoms with van der Waals surface area (Å²) in [5.74, 6) is -0.534. The summed E-state index contributed by atoms with van der Waals surface area (Å²) >= 11 is 0. The average Bonchev–Trinajstić information content (AvgIpc) is 2.96. The lowest BCUT2D eigenvalue weighted by Crippen LogP contribution is -2.55. The predicted octanol–water partition coefficient (Wildman–Crippen LogP) is 3.28. The minimum atomic E-state index is -4.45. The normalized spacial score (nSPS) is 14.9. The second kappa shape index (κ2) is 12.7. The van der Waals surface area contributed by atoms with E-state index in [-0.39, 0.29) is 13.2 Å². The largest absolute Gasteiger partial charge is 0.489 e. The lowest BCUT2D eigenvalue weighted by molar-refractivity contribution is -0.137. The van der Waals surface area contributed by atoms with Crippen LogP contribution >= 0.6 is 0 Å². The fourth-order valence-electron chi connectivity index (χ4n) is 4.09. The number of nitrogens with one attached hydrogen (secondary N) is 2. The van der Waals surface area contributed by atoms with Gasteiger partial charge < -0.3 is 14.8 Å². The first-order chi connectivity index (χ1) is 18.7. The van der Waals surface area contributed by atoms with Gasteiger partial charge in [0, 0.05) is 37.0 Å². The molecule has 3 N–H and O–H groups in total. The van der Waals surface area contributed by atoms with Crippen molar-refractivity contribution in [1.29, 1.82) is 0 Å². The van der Waals surface area contributed by atoms with E-state index in [9.17, 15) is 22.8 Å². The molecular weight excluding hydrogens is 517 g/mol. The third kappa shape index (κ3) is 7.53. The highest BCUT2D eigenvalue weighted by molar-refractivity contribution is 5.94. The van der Waals surface area contributed by atoms with Crippen molar-refractivity contribution in [2.75, 3.05) is 32.8 Å². The van der Waals surface area contributed by atoms with E-state index in [4.69, 9.17) is 14.7 Å². The van der Waals surface area contributed by atoms with Crippen molar-refractivity contribution in [3.63, 3.8) is 0 Å². The van der Waals surface area contributed by atoms with Crippen LogP contribution in [-0.4, -0.2) is 65.8 Å². The molecule has 0 radical (unpaired) electrons. The number of hydrogen-bond acceptors (Lipinski definition) is 7. The van der Waals surface area contributed by atoms with Crippen molar-refractivity contribution in [2.45, 2.75) is 18.8 Å². The van der Waals surface area contributed by atoms with Crippen LogP contribution in [0.25, 0.3) is 11.3 Å². The Morgan fingerprint density at radius 3 is 2.51 bits per heavy atom. The molecule has 1 aliphatic rings. The van der Waals surface area contributed by atoms with Gasteiger partial charge in [0.05, 0.1) is 24.5 Å². The third-order valence-electron chi connectivity index (χ3n) is 6.19. The number of hydroxylamine groups is 1. The molecule has 4 rings (SSSR count). The molecule has 206 valence electrons. The van der Waals surface area contributed by atoms with Gasteiger partial charge in [-0.15, -0.1) is 0 Å². The van der Waals surface area contributed by atoms with Gasteiger partial charge in [-0.1, -0.05) is 12.1 Å². The third-order valence-corrected chi connectivity index (χ3v) is 6.19. The van der Waals surface area contributed by atoms with Gasteiger partial charge in [-0.25, -0.2) is 5.48 Å². The molecule has 2 amide bonds. The number of aromatic nitrogens is 1. The van der Waals surface area contributed by atoms with E-state index < -0.39 is 29.6 Å². The van der Waals surface area contributed by atoms with Crippen molar-refractivity contribution < 1.29 is 37.4 Å². The SMILES string of the molecule is O=C(NCC(C(=O)NO)N1CCOCC1)c1ccc(OCc2ccnc(-c3cccc(C(F)(F)F)c3)c2)cc1. The zero-order valence-electron chi connectivity index (χ0n) is 20.8. The Bertz CT molecular complexity index is 1280. The van der Waals surface area contributed by atoms with Gasteiger partial charge in [0.15, 0.2) is 0 Å². The summed E-state index contributed by atoms with van der Waals surface area (Å²) in [7, 11) is 0. The Balaban J connectivity index is 1.33. The minimum Gasteiger partial charge on any atom is -0.489 e. The number of benzene rings is 2. The number of alkyl halides is 3. The van der Waals surface area contributed by atoms with Crippen LogP contribution in [0, 0.1) is 0 Å². The first kappa shape index (κ1) is 28.0. The van der Waals surface area contributed by atoms with Gasteiger partial charge in [-0.2, -0.15) is 13.2 Å². The first-order valence-electron chi connectivity index (χ1n) is 12.1. The molecule has 1 aliphatic heterocycles. The number of ether oxygens (including phenoxy) is 2. The second-order valence-electron chi connectivity index (χ2n) is 8.79. The van der Waals surface area contributed by atoms with E-state index in [1.165, 1.54) is 12.3 Å². The summed E-state index contributed by atoms with van der Waals surface area (Å²) in [5, 5.41) is 11.8. The van der Waals surface area contributed by atoms with Crippen molar-refractivity contribution in [3.05, 3.63) is 83.6 Å². The highest BCUT2D eigenvalue weighted by Gasteiger charge is 2.30. The number of rotatable bonds is 9. The molecule has 0 bridgehead atoms. The zero-order chi connectivity index (χ0) is 27.8. The van der Waals surface area contributed by atoms with Crippen molar-refractivity contribution in [1.82, 2.24) is 20.7 Å². The number of carbonyl (C=O) groups excluding carboxylic acids is 2. The summed E-state index contributed by atoms with van der Waals surface area (Å²) in [5.41, 5.74) is 2.68. The topological polar surface area (TPSA) is 113 Å². The number of morpholine rings is 1. The Hall–Kier alpha value is -4.00. The molecule has 1 aromatic heterocycles. The zero-order valence-corrected chi connectivity index (χ0v) is 20.8. The molecule has 1 atom stereocenters. The predicted molar refractivity (Wildman–Crippen MR) is 134 cm³/mol. The fourth-order valence-corrected chi connectivity index (χ4v) is 4.09. The molecule has 1 saturated heterocycles. The summed E-state index contributed by atoms with van der Waals surface area (Å²) in [6.07, 6.45) is -2.94. The van der Waals surface area contributed by atoms with Crippen LogP contribution in [0.3, 0.4) is 0 Å². The maximum absolute atomic E-state index is 13.1. The van der Waals surface area contributed by atoms with E-state index in [2.05, 4.69) is 10.3 Å². The summed E-state index contributed by atoms with van der Waals surface area (Å²) in [6, 6.07) is 13.9. The highest BCUT2D eigenvalue weighted by atomic mass is 19.4. The summed E-state index contributed by atoms with van der Waals surface area (Å²) in [6.45, 7) is 2.04. The Morgan fingerprint density at radius 1 is 1.08 bits per heavy atom. The molecule has 1 unspecified atom stereocenters. The number of pyridine rings is 1. The molecule has 0 aliphatic carbocycles. The molecule has 12 heteroatoms. The molecule has 9 nitrogen and oxygen atoms in total. The van der Waals surface area contributed by atoms with Crippen LogP contribution < -0.4 is 15.5 Å². The van der Waals surface area contributed by atoms with Gasteiger partial charge in [0.1, 0.15) is 18.4 Å². The monoisotopic (exact) mass is 544 g/mol. The standard InChI is InChI=1S/C27H27F3N4O5/c28-27(29,30)21-3-1-2-20(15-21)23-14-18(8-9-31-23)17-39-22-6-4-19(5-7-22)25(35)32-16-24(26(36)33-37)34-10-12-38-13-11-34/h1-9,14-15,24,37H,10-13,16-17H2,(H,32,35)(H,33,36). The van der Waals surface area contributed by atoms with Crippen molar-refractivity contribution in [3.8, 4) is 17.0 Å². The first-order valence-corrected chi connectivity index (χ1v) is 12.1. The van der Waals surface area contributed by atoms with Crippen LogP contribution in [0.15, 0.2) is 66.9 Å². The molecule has 0 saturated carbocycles. The molecule has 3 aromatic rings. The second-order valence-corrected chi connectivity index (χ2v) is 8.79. The smallest absolute Gasteiger partial charge is 0.416 e. The van der Waals surface area contributed by atoms with Gasteiger partial charge in [0.25, 0.3) is 11.8 Å². The lowest BCUT2D eigenvalue weighted by Gasteiger charge is -2.33. The number of nitrogens with zero attached hydrogens (tertiary/aromatic N) is 2. The van der Waals surface area contributed by atoms with Gasteiger partial charge in [-0.3, -0.25) is 24.7 Å². The number of amides is 2. The van der Waals surface area contributed by atoms with Crippen LogP contribution in [0.2, 0.25) is 0 Å². The maximum Gasteiger partial charge on any atom is 0.416 e. The van der Waals surface area contributed by atoms with Crippen molar-refractivity contribution in [2.24, 2.45) is 0 Å². The van der Waals surface area contributed by atoms with Crippen LogP contribution in [-0.2, 0) is 22.3 Å². The van der Waals surface area contributed by atoms with E-state index in [1.54, 1.807) is 47.9 Å². The van der Waals surface area contributed by atoms with Crippen LogP contribution in [0.4, 0.5) is 13.2 Å². The van der Waals surface area contributed by atoms with E-state index >= 15 is 0 Å². The van der Waals surface area contributed by atoms with Crippen LogP contribution in [0.5, 0.6) is 5.75 Å². The van der Waals surface area contributed by atoms with E-state index in [0.717, 1.165) is 12.1 Å². The van der Waals surface area contributed by atoms with Gasteiger partial charge in [0.2, 0.25) is 0 Å². The van der Waals surface area contributed by atoms with Gasteiger partial charge >= 0.3 is 6.18 Å². The fraction of sp³-hybridized carbons (Fsp3) is 0.296. The Morgan fingerprint density at radius 2 is 1.82 bits per heavy atom. The summed E-state index contributed by atoms with van der Waals surface area (Å²) in [4.78, 5) is 30.7. The quantitative estimate of drug-likeness (QED) is 0.280. The molecule has 2 heterocycles. The Labute approximate surface area is 222 Å².